The fourth-order valence-electron chi connectivity index (χ4n) is 2.71. The lowest BCUT2D eigenvalue weighted by Crippen LogP contribution is -2.49. The SMILES string of the molecule is CCOC(=O)CCNC(=O)C(Cc1ccc(OC)cc1)NC(=O)Nc1ccc(Cl)cc1. The first-order valence-electron chi connectivity index (χ1n) is 9.80. The highest BCUT2D eigenvalue weighted by molar-refractivity contribution is 6.30. The fraction of sp³-hybridized carbons (Fsp3) is 0.318. The minimum Gasteiger partial charge on any atom is -0.497 e. The standard InChI is InChI=1S/C22H26ClN3O5/c1-3-31-20(27)12-13-24-21(28)19(14-15-4-10-18(30-2)11-5-15)26-22(29)25-17-8-6-16(23)7-9-17/h4-11,19H,3,12-14H2,1-2H3,(H,24,28)(H2,25,26,29). The molecule has 0 radical (unpaired) electrons. The zero-order valence-electron chi connectivity index (χ0n) is 17.4. The molecular formula is C22H26ClN3O5. The Morgan fingerprint density at radius 3 is 2.32 bits per heavy atom. The number of halogens is 1. The van der Waals surface area contributed by atoms with Crippen molar-refractivity contribution in [3.63, 3.8) is 0 Å². The van der Waals surface area contributed by atoms with Gasteiger partial charge in [-0.25, -0.2) is 4.79 Å². The van der Waals surface area contributed by atoms with Crippen LogP contribution in [0.5, 0.6) is 5.75 Å². The van der Waals surface area contributed by atoms with E-state index in [2.05, 4.69) is 16.0 Å². The number of carbonyl (C=O) groups excluding carboxylic acids is 3. The van der Waals surface area contributed by atoms with E-state index in [9.17, 15) is 14.4 Å². The van der Waals surface area contributed by atoms with Crippen LogP contribution >= 0.6 is 11.6 Å². The third-order valence-corrected chi connectivity index (χ3v) is 4.51. The normalized spacial score (nSPS) is 11.2. The van der Waals surface area contributed by atoms with E-state index in [-0.39, 0.29) is 26.0 Å². The Hall–Kier alpha value is -3.26. The molecule has 9 heteroatoms. The summed E-state index contributed by atoms with van der Waals surface area (Å²) >= 11 is 5.85. The van der Waals surface area contributed by atoms with Crippen molar-refractivity contribution in [1.82, 2.24) is 10.6 Å². The lowest BCUT2D eigenvalue weighted by molar-refractivity contribution is -0.143. The highest BCUT2D eigenvalue weighted by Crippen LogP contribution is 2.14. The monoisotopic (exact) mass is 447 g/mol. The van der Waals surface area contributed by atoms with Crippen LogP contribution in [0.25, 0.3) is 0 Å². The minimum absolute atomic E-state index is 0.0474. The predicted molar refractivity (Wildman–Crippen MR) is 118 cm³/mol. The van der Waals surface area contributed by atoms with Gasteiger partial charge in [0, 0.05) is 23.7 Å². The van der Waals surface area contributed by atoms with Crippen LogP contribution in [0.3, 0.4) is 0 Å². The number of urea groups is 1. The van der Waals surface area contributed by atoms with E-state index in [1.807, 2.05) is 12.1 Å². The van der Waals surface area contributed by atoms with Crippen LogP contribution in [-0.2, 0) is 20.7 Å². The lowest BCUT2D eigenvalue weighted by atomic mass is 10.0. The second kappa shape index (κ2) is 12.4. The molecule has 166 valence electrons. The summed E-state index contributed by atoms with van der Waals surface area (Å²) in [6.07, 6.45) is 0.301. The molecule has 0 spiro atoms. The van der Waals surface area contributed by atoms with Gasteiger partial charge in [0.15, 0.2) is 0 Å². The number of hydrogen-bond acceptors (Lipinski definition) is 5. The van der Waals surface area contributed by atoms with Gasteiger partial charge in [-0.15, -0.1) is 0 Å². The molecule has 0 aliphatic carbocycles. The van der Waals surface area contributed by atoms with Crippen LogP contribution in [0.2, 0.25) is 5.02 Å². The predicted octanol–water partition coefficient (Wildman–Crippen LogP) is 3.15. The maximum Gasteiger partial charge on any atom is 0.319 e. The number of benzene rings is 2. The van der Waals surface area contributed by atoms with Gasteiger partial charge in [-0.3, -0.25) is 9.59 Å². The molecule has 31 heavy (non-hydrogen) atoms. The number of hydrogen-bond donors (Lipinski definition) is 3. The number of esters is 1. The molecule has 1 atom stereocenters. The molecule has 0 aromatic heterocycles. The third kappa shape index (κ3) is 8.55. The quantitative estimate of drug-likeness (QED) is 0.485. The van der Waals surface area contributed by atoms with Crippen LogP contribution in [0.4, 0.5) is 10.5 Å². The largest absolute Gasteiger partial charge is 0.497 e. The van der Waals surface area contributed by atoms with Crippen molar-refractivity contribution in [2.45, 2.75) is 25.8 Å². The van der Waals surface area contributed by atoms with Crippen LogP contribution in [0.1, 0.15) is 18.9 Å². The summed E-state index contributed by atoms with van der Waals surface area (Å²) in [6, 6.07) is 12.4. The number of carbonyl (C=O) groups is 3. The Morgan fingerprint density at radius 1 is 1.03 bits per heavy atom. The molecule has 0 fully saturated rings. The molecule has 1 unspecified atom stereocenters. The zero-order chi connectivity index (χ0) is 22.6. The third-order valence-electron chi connectivity index (χ3n) is 4.26. The van der Waals surface area contributed by atoms with E-state index in [1.165, 1.54) is 0 Å². The summed E-state index contributed by atoms with van der Waals surface area (Å²) in [5, 5.41) is 8.56. The van der Waals surface area contributed by atoms with Gasteiger partial charge in [0.1, 0.15) is 11.8 Å². The minimum atomic E-state index is -0.858. The van der Waals surface area contributed by atoms with Crippen molar-refractivity contribution in [3.8, 4) is 5.75 Å². The Labute approximate surface area is 186 Å². The molecule has 0 aliphatic heterocycles. The Bertz CT molecular complexity index is 872. The summed E-state index contributed by atoms with van der Waals surface area (Å²) in [5.74, 6) is -0.123. The van der Waals surface area contributed by atoms with Gasteiger partial charge in [0.2, 0.25) is 5.91 Å². The molecular weight excluding hydrogens is 422 g/mol. The molecule has 0 bridgehead atoms. The van der Waals surface area contributed by atoms with Crippen LogP contribution in [0.15, 0.2) is 48.5 Å². The summed E-state index contributed by atoms with van der Waals surface area (Å²) in [7, 11) is 1.57. The number of amides is 3. The molecule has 2 rings (SSSR count). The molecule has 2 aromatic rings. The van der Waals surface area contributed by atoms with Crippen LogP contribution in [-0.4, -0.2) is 44.2 Å². The number of rotatable bonds is 10. The van der Waals surface area contributed by atoms with Crippen molar-refractivity contribution >= 4 is 35.2 Å². The topological polar surface area (TPSA) is 106 Å². The maximum absolute atomic E-state index is 12.7. The second-order valence-corrected chi connectivity index (χ2v) is 6.99. The van der Waals surface area contributed by atoms with Crippen LogP contribution < -0.4 is 20.7 Å². The van der Waals surface area contributed by atoms with Crippen molar-refractivity contribution in [2.75, 3.05) is 25.6 Å². The van der Waals surface area contributed by atoms with Crippen molar-refractivity contribution in [2.24, 2.45) is 0 Å². The number of anilines is 1. The number of nitrogens with one attached hydrogen (secondary N) is 3. The summed E-state index contributed by atoms with van der Waals surface area (Å²) < 4.78 is 9.99. The van der Waals surface area contributed by atoms with Crippen LogP contribution in [0, 0.1) is 0 Å². The van der Waals surface area contributed by atoms with E-state index in [0.29, 0.717) is 16.5 Å². The first kappa shape index (κ1) is 24.0. The smallest absolute Gasteiger partial charge is 0.319 e. The molecule has 0 saturated carbocycles. The van der Waals surface area contributed by atoms with Gasteiger partial charge >= 0.3 is 12.0 Å². The van der Waals surface area contributed by atoms with Crippen molar-refractivity contribution in [3.05, 3.63) is 59.1 Å². The van der Waals surface area contributed by atoms with Gasteiger partial charge in [-0.1, -0.05) is 23.7 Å². The maximum atomic E-state index is 12.7. The molecule has 2 aromatic carbocycles. The van der Waals surface area contributed by atoms with Gasteiger partial charge < -0.3 is 25.4 Å². The Balaban J connectivity index is 2.02. The van der Waals surface area contributed by atoms with E-state index in [0.717, 1.165) is 5.56 Å². The second-order valence-electron chi connectivity index (χ2n) is 6.56. The van der Waals surface area contributed by atoms with E-state index >= 15 is 0 Å². The first-order valence-corrected chi connectivity index (χ1v) is 10.2. The molecule has 0 saturated heterocycles. The van der Waals surface area contributed by atoms with E-state index in [4.69, 9.17) is 21.1 Å². The van der Waals surface area contributed by atoms with Gasteiger partial charge in [0.05, 0.1) is 20.1 Å². The van der Waals surface area contributed by atoms with E-state index in [1.54, 1.807) is 50.4 Å². The first-order chi connectivity index (χ1) is 14.9. The summed E-state index contributed by atoms with van der Waals surface area (Å²) in [4.78, 5) is 36.6. The highest BCUT2D eigenvalue weighted by atomic mass is 35.5. The molecule has 3 N–H and O–H groups in total. The average molecular weight is 448 g/mol. The molecule has 0 heterocycles. The Kier molecular flexibility index (Phi) is 9.64. The molecule has 8 nitrogen and oxygen atoms in total. The number of ether oxygens (including phenoxy) is 2. The lowest BCUT2D eigenvalue weighted by Gasteiger charge is -2.19. The summed E-state index contributed by atoms with van der Waals surface area (Å²) in [6.45, 7) is 2.10. The van der Waals surface area contributed by atoms with Gasteiger partial charge in [-0.2, -0.15) is 0 Å². The number of methoxy groups -OCH3 is 1. The molecule has 3 amide bonds. The average Bonchev–Trinajstić information content (AvgIpc) is 2.75. The zero-order valence-corrected chi connectivity index (χ0v) is 18.2. The Morgan fingerprint density at radius 2 is 1.71 bits per heavy atom. The fourth-order valence-corrected chi connectivity index (χ4v) is 2.84. The van der Waals surface area contributed by atoms with Crippen molar-refractivity contribution in [1.29, 1.82) is 0 Å². The van der Waals surface area contributed by atoms with Crippen molar-refractivity contribution < 1.29 is 23.9 Å². The molecule has 0 aliphatic rings. The van der Waals surface area contributed by atoms with Gasteiger partial charge in [0.25, 0.3) is 0 Å². The van der Waals surface area contributed by atoms with Gasteiger partial charge in [-0.05, 0) is 48.9 Å². The van der Waals surface area contributed by atoms with E-state index < -0.39 is 23.9 Å². The highest BCUT2D eigenvalue weighted by Gasteiger charge is 2.21. The summed E-state index contributed by atoms with van der Waals surface area (Å²) in [5.41, 5.74) is 1.37.